The highest BCUT2D eigenvalue weighted by molar-refractivity contribution is 9.10. The van der Waals surface area contributed by atoms with Crippen molar-refractivity contribution >= 4 is 39.1 Å². The lowest BCUT2D eigenvalue weighted by atomic mass is 9.89. The number of alkyl halides is 3. The SMILES string of the molecule is CC(C)n1cc(C(F)(F)F)nc1-c1ccc(CN(c2nc(Cl)ncc2Br)C2CC(=O)C2)cc1. The minimum atomic E-state index is -4.51. The first-order valence-corrected chi connectivity index (χ1v) is 11.4. The van der Waals surface area contributed by atoms with Crippen LogP contribution in [0.1, 0.15) is 44.0 Å². The molecule has 1 saturated carbocycles. The molecule has 0 radical (unpaired) electrons. The number of ketones is 1. The number of carbonyl (C=O) groups excluding carboxylic acids is 1. The maximum Gasteiger partial charge on any atom is 0.434 e. The standard InChI is InChI=1S/C22H20BrClF3N5O/c1-12(2)31-11-18(22(25,26)27)29-19(31)14-5-3-13(4-6-14)10-32(15-7-16(33)8-15)20-17(23)9-28-21(24)30-20/h3-6,9,11-12,15H,7-8,10H2,1-2H3. The molecule has 2 heterocycles. The van der Waals surface area contributed by atoms with Gasteiger partial charge in [0.25, 0.3) is 0 Å². The van der Waals surface area contributed by atoms with Gasteiger partial charge in [-0.2, -0.15) is 18.2 Å². The summed E-state index contributed by atoms with van der Waals surface area (Å²) in [5.74, 6) is 1.02. The normalized spacial score (nSPS) is 14.6. The molecular weight excluding hydrogens is 523 g/mol. The Hall–Kier alpha value is -2.46. The Kier molecular flexibility index (Phi) is 6.50. The molecule has 2 aromatic heterocycles. The Morgan fingerprint density at radius 1 is 1.21 bits per heavy atom. The molecule has 0 bridgehead atoms. The van der Waals surface area contributed by atoms with Crippen LogP contribution in [-0.4, -0.2) is 31.3 Å². The van der Waals surface area contributed by atoms with Gasteiger partial charge in [0.1, 0.15) is 17.4 Å². The van der Waals surface area contributed by atoms with Crippen LogP contribution in [0, 0.1) is 0 Å². The second-order valence-corrected chi connectivity index (χ2v) is 9.38. The first kappa shape index (κ1) is 23.7. The van der Waals surface area contributed by atoms with Crippen molar-refractivity contribution in [2.24, 2.45) is 0 Å². The van der Waals surface area contributed by atoms with Crippen LogP contribution < -0.4 is 4.90 Å². The average Bonchev–Trinajstić information content (AvgIpc) is 3.19. The quantitative estimate of drug-likeness (QED) is 0.353. The highest BCUT2D eigenvalue weighted by Crippen LogP contribution is 2.35. The van der Waals surface area contributed by atoms with Gasteiger partial charge in [-0.25, -0.2) is 9.97 Å². The fraction of sp³-hybridized carbons (Fsp3) is 0.364. The zero-order chi connectivity index (χ0) is 23.9. The van der Waals surface area contributed by atoms with E-state index in [1.54, 1.807) is 18.3 Å². The fourth-order valence-electron chi connectivity index (χ4n) is 3.70. The molecule has 4 rings (SSSR count). The molecule has 1 fully saturated rings. The highest BCUT2D eigenvalue weighted by Gasteiger charge is 2.36. The molecule has 1 aliphatic carbocycles. The maximum absolute atomic E-state index is 13.2. The number of aromatic nitrogens is 4. The zero-order valence-electron chi connectivity index (χ0n) is 17.8. The van der Waals surface area contributed by atoms with E-state index in [0.717, 1.165) is 11.8 Å². The van der Waals surface area contributed by atoms with Crippen LogP contribution in [0.2, 0.25) is 5.28 Å². The van der Waals surface area contributed by atoms with Gasteiger partial charge < -0.3 is 9.47 Å². The molecular formula is C22H20BrClF3N5O. The summed E-state index contributed by atoms with van der Waals surface area (Å²) in [6, 6.07) is 6.98. The van der Waals surface area contributed by atoms with Crippen molar-refractivity contribution in [1.29, 1.82) is 0 Å². The molecule has 1 aromatic carbocycles. The molecule has 33 heavy (non-hydrogen) atoms. The van der Waals surface area contributed by atoms with E-state index in [0.29, 0.717) is 35.2 Å². The monoisotopic (exact) mass is 541 g/mol. The van der Waals surface area contributed by atoms with E-state index in [9.17, 15) is 18.0 Å². The maximum atomic E-state index is 13.2. The predicted octanol–water partition coefficient (Wildman–Crippen LogP) is 6.09. The zero-order valence-corrected chi connectivity index (χ0v) is 20.1. The van der Waals surface area contributed by atoms with Gasteiger partial charge in [0.2, 0.25) is 5.28 Å². The second-order valence-electron chi connectivity index (χ2n) is 8.18. The summed E-state index contributed by atoms with van der Waals surface area (Å²) >= 11 is 9.45. The first-order valence-electron chi connectivity index (χ1n) is 10.2. The second kappa shape index (κ2) is 9.06. The number of carbonyl (C=O) groups is 1. The molecule has 3 aromatic rings. The minimum Gasteiger partial charge on any atom is -0.347 e. The third-order valence-electron chi connectivity index (χ3n) is 5.48. The Morgan fingerprint density at radius 2 is 1.88 bits per heavy atom. The first-order chi connectivity index (χ1) is 15.5. The van der Waals surface area contributed by atoms with E-state index in [-0.39, 0.29) is 29.0 Å². The van der Waals surface area contributed by atoms with Crippen LogP contribution in [-0.2, 0) is 17.5 Å². The number of benzene rings is 1. The van der Waals surface area contributed by atoms with E-state index in [1.807, 2.05) is 30.9 Å². The van der Waals surface area contributed by atoms with Crippen LogP contribution in [0.5, 0.6) is 0 Å². The van der Waals surface area contributed by atoms with Crippen LogP contribution in [0.4, 0.5) is 19.0 Å². The molecule has 0 amide bonds. The van der Waals surface area contributed by atoms with Crippen molar-refractivity contribution in [2.45, 2.75) is 51.5 Å². The third kappa shape index (κ3) is 5.06. The van der Waals surface area contributed by atoms with E-state index in [2.05, 4.69) is 30.9 Å². The largest absolute Gasteiger partial charge is 0.434 e. The number of hydrogen-bond donors (Lipinski definition) is 0. The van der Waals surface area contributed by atoms with Gasteiger partial charge in [-0.3, -0.25) is 4.79 Å². The van der Waals surface area contributed by atoms with Crippen molar-refractivity contribution in [2.75, 3.05) is 4.90 Å². The van der Waals surface area contributed by atoms with Crippen LogP contribution in [0.15, 0.2) is 41.1 Å². The van der Waals surface area contributed by atoms with Crippen LogP contribution in [0.3, 0.4) is 0 Å². The van der Waals surface area contributed by atoms with Crippen molar-refractivity contribution in [3.05, 3.63) is 57.7 Å². The Labute approximate surface area is 201 Å². The molecule has 0 aliphatic heterocycles. The van der Waals surface area contributed by atoms with Crippen LogP contribution >= 0.6 is 27.5 Å². The van der Waals surface area contributed by atoms with Crippen LogP contribution in [0.25, 0.3) is 11.4 Å². The van der Waals surface area contributed by atoms with Crippen molar-refractivity contribution < 1.29 is 18.0 Å². The van der Waals surface area contributed by atoms with E-state index in [4.69, 9.17) is 11.6 Å². The highest BCUT2D eigenvalue weighted by atomic mass is 79.9. The van der Waals surface area contributed by atoms with E-state index in [1.165, 1.54) is 4.57 Å². The predicted molar refractivity (Wildman–Crippen MR) is 122 cm³/mol. The molecule has 11 heteroatoms. The summed E-state index contributed by atoms with van der Waals surface area (Å²) in [4.78, 5) is 25.7. The number of imidazole rings is 1. The molecule has 0 unspecified atom stereocenters. The van der Waals surface area contributed by atoms with Gasteiger partial charge in [-0.1, -0.05) is 24.3 Å². The topological polar surface area (TPSA) is 63.9 Å². The lowest BCUT2D eigenvalue weighted by Gasteiger charge is -2.37. The van der Waals surface area contributed by atoms with Gasteiger partial charge in [-0.15, -0.1) is 0 Å². The lowest BCUT2D eigenvalue weighted by molar-refractivity contribution is -0.141. The van der Waals surface area contributed by atoms with Crippen molar-refractivity contribution in [1.82, 2.24) is 19.5 Å². The number of halogens is 5. The minimum absolute atomic E-state index is 0.0198. The fourth-order valence-corrected chi connectivity index (χ4v) is 4.24. The van der Waals surface area contributed by atoms with E-state index >= 15 is 0 Å². The van der Waals surface area contributed by atoms with Gasteiger partial charge in [0.05, 0.1) is 4.47 Å². The number of anilines is 1. The summed E-state index contributed by atoms with van der Waals surface area (Å²) in [7, 11) is 0. The smallest absolute Gasteiger partial charge is 0.347 e. The number of rotatable bonds is 6. The summed E-state index contributed by atoms with van der Waals surface area (Å²) in [6.45, 7) is 4.06. The number of nitrogens with zero attached hydrogens (tertiary/aromatic N) is 5. The molecule has 0 N–H and O–H groups in total. The molecule has 0 saturated heterocycles. The number of hydrogen-bond acceptors (Lipinski definition) is 5. The average molecular weight is 543 g/mol. The van der Waals surface area contributed by atoms with Gasteiger partial charge >= 0.3 is 6.18 Å². The van der Waals surface area contributed by atoms with Crippen molar-refractivity contribution in [3.8, 4) is 11.4 Å². The number of Topliss-reactive ketones (excluding diaryl/α,β-unsaturated/α-hetero) is 1. The molecule has 6 nitrogen and oxygen atoms in total. The summed E-state index contributed by atoms with van der Waals surface area (Å²) in [5, 5.41) is 0.0974. The Bertz CT molecular complexity index is 1170. The van der Waals surface area contributed by atoms with Gasteiger partial charge in [0, 0.05) is 49.4 Å². The Balaban J connectivity index is 1.63. The summed E-state index contributed by atoms with van der Waals surface area (Å²) in [6.07, 6.45) is -1.08. The summed E-state index contributed by atoms with van der Waals surface area (Å²) in [5.41, 5.74) is 0.569. The third-order valence-corrected chi connectivity index (χ3v) is 6.22. The Morgan fingerprint density at radius 3 is 2.45 bits per heavy atom. The molecule has 0 spiro atoms. The van der Waals surface area contributed by atoms with E-state index < -0.39 is 11.9 Å². The molecule has 174 valence electrons. The van der Waals surface area contributed by atoms with Gasteiger partial charge in [-0.05, 0) is 46.9 Å². The van der Waals surface area contributed by atoms with Crippen molar-refractivity contribution in [3.63, 3.8) is 0 Å². The summed E-state index contributed by atoms with van der Waals surface area (Å²) < 4.78 is 41.8. The molecule has 0 atom stereocenters. The molecule has 1 aliphatic rings. The lowest BCUT2D eigenvalue weighted by Crippen LogP contribution is -2.45. The van der Waals surface area contributed by atoms with Gasteiger partial charge in [0.15, 0.2) is 5.69 Å².